The van der Waals surface area contributed by atoms with Gasteiger partial charge in [-0.05, 0) is 56.7 Å². The molecule has 0 bridgehead atoms. The first kappa shape index (κ1) is 20.7. The van der Waals surface area contributed by atoms with Gasteiger partial charge in [-0.2, -0.15) is 5.10 Å². The van der Waals surface area contributed by atoms with Crippen molar-refractivity contribution in [2.45, 2.75) is 64.2 Å². The average Bonchev–Trinajstić information content (AvgIpc) is 3.52. The predicted octanol–water partition coefficient (Wildman–Crippen LogP) is 4.28. The average molecular weight is 413 g/mol. The lowest BCUT2D eigenvalue weighted by atomic mass is 9.95. The number of amides is 1. The van der Waals surface area contributed by atoms with Crippen molar-refractivity contribution in [2.75, 3.05) is 26.3 Å². The number of rotatable bonds is 9. The fraction of sp³-hybridized carbons (Fsp3) is 0.609. The van der Waals surface area contributed by atoms with Crippen LogP contribution in [0.15, 0.2) is 18.2 Å². The summed E-state index contributed by atoms with van der Waals surface area (Å²) in [5, 5.41) is 7.50. The number of hydrogen-bond donors (Lipinski definition) is 1. The molecule has 30 heavy (non-hydrogen) atoms. The Labute approximate surface area is 178 Å². The van der Waals surface area contributed by atoms with E-state index in [0.717, 1.165) is 50.4 Å². The van der Waals surface area contributed by atoms with Gasteiger partial charge in [0.15, 0.2) is 17.3 Å². The third-order valence-electron chi connectivity index (χ3n) is 5.75. The summed E-state index contributed by atoms with van der Waals surface area (Å²) in [7, 11) is 0. The van der Waals surface area contributed by atoms with Crippen molar-refractivity contribution in [3.8, 4) is 11.5 Å². The molecule has 1 aromatic heterocycles. The zero-order chi connectivity index (χ0) is 20.9. The Balaban J connectivity index is 1.38. The van der Waals surface area contributed by atoms with E-state index < -0.39 is 0 Å². The van der Waals surface area contributed by atoms with E-state index in [0.29, 0.717) is 42.1 Å². The fourth-order valence-corrected chi connectivity index (χ4v) is 3.83. The number of aromatic nitrogens is 3. The molecule has 4 rings (SSSR count). The molecule has 7 heteroatoms. The normalized spacial score (nSPS) is 17.2. The van der Waals surface area contributed by atoms with Gasteiger partial charge in [-0.15, -0.1) is 0 Å². The molecule has 1 aliphatic heterocycles. The van der Waals surface area contributed by atoms with E-state index in [4.69, 9.17) is 14.5 Å². The number of ether oxygens (including phenoxy) is 2. The van der Waals surface area contributed by atoms with Gasteiger partial charge in [0.05, 0.1) is 13.2 Å². The minimum absolute atomic E-state index is 0.0491. The van der Waals surface area contributed by atoms with Gasteiger partial charge in [-0.25, -0.2) is 4.98 Å². The molecule has 7 nitrogen and oxygen atoms in total. The van der Waals surface area contributed by atoms with Crippen LogP contribution in [0.5, 0.6) is 11.5 Å². The maximum Gasteiger partial charge on any atom is 0.253 e. The first-order chi connectivity index (χ1) is 14.7. The lowest BCUT2D eigenvalue weighted by Gasteiger charge is -2.31. The zero-order valence-electron chi connectivity index (χ0n) is 18.0. The third-order valence-corrected chi connectivity index (χ3v) is 5.75. The van der Waals surface area contributed by atoms with Crippen LogP contribution in [0.4, 0.5) is 0 Å². The van der Waals surface area contributed by atoms with Gasteiger partial charge in [-0.3, -0.25) is 9.89 Å². The van der Waals surface area contributed by atoms with Crippen molar-refractivity contribution >= 4 is 5.91 Å². The highest BCUT2D eigenvalue weighted by molar-refractivity contribution is 5.95. The Morgan fingerprint density at radius 3 is 2.40 bits per heavy atom. The topological polar surface area (TPSA) is 80.3 Å². The monoisotopic (exact) mass is 412 g/mol. The summed E-state index contributed by atoms with van der Waals surface area (Å²) >= 11 is 0. The first-order valence-electron chi connectivity index (χ1n) is 11.3. The Kier molecular flexibility index (Phi) is 6.55. The summed E-state index contributed by atoms with van der Waals surface area (Å²) in [6.45, 7) is 6.82. The second kappa shape index (κ2) is 9.49. The molecule has 1 aromatic carbocycles. The molecule has 0 atom stereocenters. The molecule has 1 N–H and O–H groups in total. The molecule has 2 fully saturated rings. The molecule has 1 aliphatic carbocycles. The van der Waals surface area contributed by atoms with Crippen LogP contribution in [0.3, 0.4) is 0 Å². The first-order valence-corrected chi connectivity index (χ1v) is 11.3. The van der Waals surface area contributed by atoms with Crippen LogP contribution in [-0.2, 0) is 0 Å². The van der Waals surface area contributed by atoms with Gasteiger partial charge in [0.2, 0.25) is 0 Å². The van der Waals surface area contributed by atoms with E-state index in [9.17, 15) is 4.79 Å². The molecule has 0 radical (unpaired) electrons. The van der Waals surface area contributed by atoms with Gasteiger partial charge >= 0.3 is 0 Å². The van der Waals surface area contributed by atoms with Crippen molar-refractivity contribution < 1.29 is 14.3 Å². The maximum absolute atomic E-state index is 13.1. The van der Waals surface area contributed by atoms with E-state index in [2.05, 4.69) is 24.0 Å². The number of aromatic amines is 1. The standard InChI is InChI=1S/C23H32N4O3/c1-3-13-29-19-8-7-18(15-20(19)30-14-4-2)23(28)27-11-9-17(10-12-27)22-24-21(25-26-22)16-5-6-16/h7-8,15-17H,3-6,9-14H2,1-2H3,(H,24,25,26). The number of hydrogen-bond acceptors (Lipinski definition) is 5. The maximum atomic E-state index is 13.1. The Morgan fingerprint density at radius 2 is 1.73 bits per heavy atom. The molecule has 2 aromatic rings. The SMILES string of the molecule is CCCOc1ccc(C(=O)N2CCC(c3nc(C4CC4)n[nH]3)CC2)cc1OCCC. The van der Waals surface area contributed by atoms with Gasteiger partial charge in [-0.1, -0.05) is 13.8 Å². The van der Waals surface area contributed by atoms with Crippen molar-refractivity contribution in [3.63, 3.8) is 0 Å². The Bertz CT molecular complexity index is 854. The fourth-order valence-electron chi connectivity index (χ4n) is 3.83. The molecule has 2 heterocycles. The van der Waals surface area contributed by atoms with Crippen molar-refractivity contribution in [2.24, 2.45) is 0 Å². The third kappa shape index (κ3) is 4.77. The number of carbonyl (C=O) groups is 1. The summed E-state index contributed by atoms with van der Waals surface area (Å²) < 4.78 is 11.6. The molecule has 0 unspecified atom stereocenters. The second-order valence-electron chi connectivity index (χ2n) is 8.28. The predicted molar refractivity (Wildman–Crippen MR) is 114 cm³/mol. The Morgan fingerprint density at radius 1 is 1.03 bits per heavy atom. The van der Waals surface area contributed by atoms with Gasteiger partial charge < -0.3 is 14.4 Å². The lowest BCUT2D eigenvalue weighted by molar-refractivity contribution is 0.0710. The Hall–Kier alpha value is -2.57. The molecule has 162 valence electrons. The van der Waals surface area contributed by atoms with E-state index in [1.807, 2.05) is 23.1 Å². The molecule has 0 spiro atoms. The van der Waals surface area contributed by atoms with Crippen LogP contribution in [0, 0.1) is 0 Å². The highest BCUT2D eigenvalue weighted by Crippen LogP contribution is 2.38. The van der Waals surface area contributed by atoms with Crippen molar-refractivity contribution in [1.29, 1.82) is 0 Å². The number of nitrogens with zero attached hydrogens (tertiary/aromatic N) is 3. The largest absolute Gasteiger partial charge is 0.490 e. The second-order valence-corrected chi connectivity index (χ2v) is 8.28. The van der Waals surface area contributed by atoms with Gasteiger partial charge in [0.25, 0.3) is 5.91 Å². The van der Waals surface area contributed by atoms with Crippen molar-refractivity contribution in [3.05, 3.63) is 35.4 Å². The summed E-state index contributed by atoms with van der Waals surface area (Å²) in [6.07, 6.45) is 6.05. The van der Waals surface area contributed by atoms with Crippen molar-refractivity contribution in [1.82, 2.24) is 20.1 Å². The van der Waals surface area contributed by atoms with Crippen LogP contribution in [-0.4, -0.2) is 52.3 Å². The molecule has 2 aliphatic rings. The molecule has 1 amide bonds. The minimum Gasteiger partial charge on any atom is -0.490 e. The van der Waals surface area contributed by atoms with Gasteiger partial charge in [0.1, 0.15) is 5.82 Å². The lowest BCUT2D eigenvalue weighted by Crippen LogP contribution is -2.38. The number of piperidine rings is 1. The van der Waals surface area contributed by atoms with Crippen LogP contribution < -0.4 is 9.47 Å². The molecular formula is C23H32N4O3. The van der Waals surface area contributed by atoms with Crippen LogP contribution >= 0.6 is 0 Å². The van der Waals surface area contributed by atoms with E-state index in [1.165, 1.54) is 12.8 Å². The van der Waals surface area contributed by atoms with Crippen LogP contribution in [0.25, 0.3) is 0 Å². The number of likely N-dealkylation sites (tertiary alicyclic amines) is 1. The minimum atomic E-state index is 0.0491. The quantitative estimate of drug-likeness (QED) is 0.665. The number of benzene rings is 1. The van der Waals surface area contributed by atoms with E-state index >= 15 is 0 Å². The van der Waals surface area contributed by atoms with Crippen LogP contribution in [0.2, 0.25) is 0 Å². The smallest absolute Gasteiger partial charge is 0.253 e. The number of carbonyl (C=O) groups excluding carboxylic acids is 1. The van der Waals surface area contributed by atoms with E-state index in [1.54, 1.807) is 0 Å². The molecule has 1 saturated carbocycles. The zero-order valence-corrected chi connectivity index (χ0v) is 18.0. The highest BCUT2D eigenvalue weighted by Gasteiger charge is 2.31. The van der Waals surface area contributed by atoms with Gasteiger partial charge in [0, 0.05) is 30.5 Å². The van der Waals surface area contributed by atoms with Crippen LogP contribution in [0.1, 0.15) is 86.2 Å². The number of H-pyrrole nitrogens is 1. The summed E-state index contributed by atoms with van der Waals surface area (Å²) in [4.78, 5) is 19.7. The highest BCUT2D eigenvalue weighted by atomic mass is 16.5. The van der Waals surface area contributed by atoms with E-state index in [-0.39, 0.29) is 5.91 Å². The summed E-state index contributed by atoms with van der Waals surface area (Å²) in [5.74, 6) is 4.27. The number of nitrogens with one attached hydrogen (secondary N) is 1. The summed E-state index contributed by atoms with van der Waals surface area (Å²) in [5.41, 5.74) is 0.652. The molecular weight excluding hydrogens is 380 g/mol. The summed E-state index contributed by atoms with van der Waals surface area (Å²) in [6, 6.07) is 5.53. The molecule has 1 saturated heterocycles.